The van der Waals surface area contributed by atoms with E-state index >= 15 is 0 Å². The molecule has 0 nitrogen and oxygen atoms in total. The van der Waals surface area contributed by atoms with Crippen molar-refractivity contribution in [1.29, 1.82) is 0 Å². The van der Waals surface area contributed by atoms with Crippen LogP contribution in [0.1, 0.15) is 95.1 Å². The van der Waals surface area contributed by atoms with Gasteiger partial charge in [0.1, 0.15) is 0 Å². The van der Waals surface area contributed by atoms with E-state index in [9.17, 15) is 0 Å². The quantitative estimate of drug-likeness (QED) is 0.310. The van der Waals surface area contributed by atoms with E-state index in [1.807, 2.05) is 0 Å². The normalized spacial score (nSPS) is 23.5. The zero-order valence-electron chi connectivity index (χ0n) is 20.4. The average Bonchev–Trinajstić information content (AvgIpc) is 3.31. The van der Waals surface area contributed by atoms with Gasteiger partial charge in [0.15, 0.2) is 0 Å². The van der Waals surface area contributed by atoms with Crippen molar-refractivity contribution in [1.82, 2.24) is 0 Å². The molecule has 2 aromatic rings. The van der Waals surface area contributed by atoms with Crippen LogP contribution in [0.15, 0.2) is 32.2 Å². The highest BCUT2D eigenvalue weighted by Crippen LogP contribution is 2.55. The number of hydrogen-bond donors (Lipinski definition) is 0. The molecule has 0 N–H and O–H groups in total. The summed E-state index contributed by atoms with van der Waals surface area (Å²) in [5.41, 5.74) is 17.0. The third kappa shape index (κ3) is 3.32. The van der Waals surface area contributed by atoms with Gasteiger partial charge in [-0.2, -0.15) is 0 Å². The second-order valence-corrected chi connectivity index (χ2v) is 17.9. The van der Waals surface area contributed by atoms with Gasteiger partial charge in [0.05, 0.1) is 8.07 Å². The Morgan fingerprint density at radius 3 is 1.48 bits per heavy atom. The third-order valence-corrected chi connectivity index (χ3v) is 15.4. The Hall–Kier alpha value is -0.903. The molecule has 4 aliphatic carbocycles. The summed E-state index contributed by atoms with van der Waals surface area (Å²) in [6.45, 7) is 10.1. The van der Waals surface area contributed by atoms with E-state index in [2.05, 4.69) is 83.1 Å². The number of allylic oxidation sites excluding steroid dienone is 2. The summed E-state index contributed by atoms with van der Waals surface area (Å²) >= 11 is 8.13. The van der Waals surface area contributed by atoms with E-state index in [-0.39, 0.29) is 0 Å². The first kappa shape index (κ1) is 22.6. The Bertz CT molecular complexity index is 1150. The summed E-state index contributed by atoms with van der Waals surface area (Å²) < 4.78 is 2.80. The zero-order valence-corrected chi connectivity index (χ0v) is 24.5. The summed E-state index contributed by atoms with van der Waals surface area (Å²) in [4.78, 5) is 0. The molecule has 0 fully saturated rings. The third-order valence-electron chi connectivity index (χ3n) is 9.07. The molecular formula is C30H34Br2Si. The van der Waals surface area contributed by atoms with Crippen molar-refractivity contribution in [2.75, 3.05) is 0 Å². The van der Waals surface area contributed by atoms with Crippen LogP contribution < -0.4 is 0 Å². The molecule has 172 valence electrons. The minimum absolute atomic E-state index is 0.588. The number of rotatable bonds is 2. The topological polar surface area (TPSA) is 0 Å². The van der Waals surface area contributed by atoms with Crippen LogP contribution in [-0.4, -0.2) is 8.07 Å². The molecule has 0 heterocycles. The molecule has 0 bridgehead atoms. The van der Waals surface area contributed by atoms with Crippen molar-refractivity contribution in [3.8, 4) is 0 Å². The maximum absolute atomic E-state index is 4.06. The fourth-order valence-electron chi connectivity index (χ4n) is 7.81. The molecule has 2 unspecified atom stereocenters. The molecule has 2 atom stereocenters. The molecule has 4 aliphatic rings. The first-order valence-corrected chi connectivity index (χ1v) is 17.6. The molecule has 33 heavy (non-hydrogen) atoms. The van der Waals surface area contributed by atoms with Gasteiger partial charge in [-0.25, -0.2) is 0 Å². The van der Waals surface area contributed by atoms with Gasteiger partial charge in [0, 0.05) is 20.0 Å². The zero-order chi connectivity index (χ0) is 23.1. The van der Waals surface area contributed by atoms with Crippen molar-refractivity contribution >= 4 is 52.1 Å². The molecule has 0 saturated heterocycles. The second kappa shape index (κ2) is 8.07. The second-order valence-electron chi connectivity index (χ2n) is 11.5. The fraction of sp³-hybridized carbons (Fsp3) is 0.467. The van der Waals surface area contributed by atoms with Gasteiger partial charge in [0.25, 0.3) is 0 Å². The van der Waals surface area contributed by atoms with Crippen LogP contribution in [0.25, 0.3) is 12.2 Å². The maximum atomic E-state index is 4.06. The van der Waals surface area contributed by atoms with E-state index in [4.69, 9.17) is 0 Å². The van der Waals surface area contributed by atoms with E-state index in [0.29, 0.717) is 11.1 Å². The van der Waals surface area contributed by atoms with Gasteiger partial charge >= 0.3 is 0 Å². The standard InChI is InChI=1S/C30H34Br2Si/c1-17-13-23-25(15-19-9-5-7-11-21(19)27(23)31)29(17)33(3,4)30-18(2)14-24-26(30)16-20-10-6-8-12-22(20)28(24)32/h13-16,29-30H,5-12H2,1-4H3. The van der Waals surface area contributed by atoms with Crippen LogP contribution in [0.5, 0.6) is 0 Å². The number of aryl methyl sites for hydroxylation is 2. The lowest BCUT2D eigenvalue weighted by Crippen LogP contribution is -2.42. The van der Waals surface area contributed by atoms with Crippen molar-refractivity contribution in [3.05, 3.63) is 76.7 Å². The van der Waals surface area contributed by atoms with Crippen LogP contribution in [0.2, 0.25) is 13.1 Å². The molecule has 0 radical (unpaired) electrons. The van der Waals surface area contributed by atoms with Gasteiger partial charge in [-0.05, 0) is 142 Å². The lowest BCUT2D eigenvalue weighted by Gasteiger charge is -2.39. The largest absolute Gasteiger partial charge is 0.0722 e. The number of halogens is 2. The summed E-state index contributed by atoms with van der Waals surface area (Å²) in [6.07, 6.45) is 15.4. The van der Waals surface area contributed by atoms with Crippen LogP contribution in [0.4, 0.5) is 0 Å². The minimum Gasteiger partial charge on any atom is -0.0679 e. The fourth-order valence-corrected chi connectivity index (χ4v) is 14.3. The molecule has 0 aliphatic heterocycles. The summed E-state index contributed by atoms with van der Waals surface area (Å²) in [5.74, 6) is 0. The van der Waals surface area contributed by atoms with E-state index < -0.39 is 8.07 Å². The molecule has 6 rings (SSSR count). The van der Waals surface area contributed by atoms with Gasteiger partial charge in [0.2, 0.25) is 0 Å². The monoisotopic (exact) mass is 580 g/mol. The van der Waals surface area contributed by atoms with Crippen LogP contribution >= 0.6 is 31.9 Å². The Morgan fingerprint density at radius 2 is 1.06 bits per heavy atom. The average molecular weight is 582 g/mol. The number of fused-ring (bicyclic) bond motifs is 4. The van der Waals surface area contributed by atoms with Gasteiger partial charge in [-0.1, -0.05) is 48.5 Å². The first-order chi connectivity index (χ1) is 15.8. The molecule has 3 heteroatoms. The molecule has 2 aromatic carbocycles. The maximum Gasteiger partial charge on any atom is 0.0722 e. The highest BCUT2D eigenvalue weighted by Gasteiger charge is 2.48. The Morgan fingerprint density at radius 1 is 0.667 bits per heavy atom. The van der Waals surface area contributed by atoms with E-state index in [1.165, 1.54) is 71.4 Å². The van der Waals surface area contributed by atoms with Crippen LogP contribution in [0, 0.1) is 0 Å². The predicted molar refractivity (Wildman–Crippen MR) is 152 cm³/mol. The van der Waals surface area contributed by atoms with Crippen molar-refractivity contribution in [2.24, 2.45) is 0 Å². The first-order valence-electron chi connectivity index (χ1n) is 12.8. The summed E-state index contributed by atoms with van der Waals surface area (Å²) in [7, 11) is -1.78. The van der Waals surface area contributed by atoms with Crippen LogP contribution in [0.3, 0.4) is 0 Å². The molecule has 0 spiro atoms. The Kier molecular flexibility index (Phi) is 5.51. The van der Waals surface area contributed by atoms with E-state index in [1.54, 1.807) is 44.5 Å². The Labute approximate surface area is 217 Å². The lowest BCUT2D eigenvalue weighted by molar-refractivity contribution is 0.681. The highest BCUT2D eigenvalue weighted by molar-refractivity contribution is 9.11. The molecular weight excluding hydrogens is 548 g/mol. The Balaban J connectivity index is 1.48. The molecule has 0 aromatic heterocycles. The summed E-state index contributed by atoms with van der Waals surface area (Å²) in [5, 5.41) is 0. The molecule has 0 saturated carbocycles. The number of benzene rings is 2. The molecule has 0 amide bonds. The van der Waals surface area contributed by atoms with Gasteiger partial charge in [-0.3, -0.25) is 0 Å². The smallest absolute Gasteiger partial charge is 0.0679 e. The number of hydrogen-bond acceptors (Lipinski definition) is 0. The van der Waals surface area contributed by atoms with Gasteiger partial charge in [-0.15, -0.1) is 0 Å². The van der Waals surface area contributed by atoms with Crippen LogP contribution in [-0.2, 0) is 25.7 Å². The van der Waals surface area contributed by atoms with E-state index in [0.717, 1.165) is 0 Å². The van der Waals surface area contributed by atoms with Gasteiger partial charge < -0.3 is 0 Å². The minimum atomic E-state index is -1.78. The highest BCUT2D eigenvalue weighted by atomic mass is 79.9. The van der Waals surface area contributed by atoms with Crippen molar-refractivity contribution in [3.63, 3.8) is 0 Å². The SMILES string of the molecule is CC1=Cc2c(cc3c(c2Br)CCCC3)C1[Si](C)(C)C1C(C)=Cc2c1cc1c(c2Br)CCCC1. The summed E-state index contributed by atoms with van der Waals surface area (Å²) in [6, 6.07) is 5.25. The van der Waals surface area contributed by atoms with Crippen molar-refractivity contribution in [2.45, 2.75) is 89.4 Å². The van der Waals surface area contributed by atoms with Crippen molar-refractivity contribution < 1.29 is 0 Å². The lowest BCUT2D eigenvalue weighted by atomic mass is 9.88. The predicted octanol–water partition coefficient (Wildman–Crippen LogP) is 9.46.